The molecule has 0 saturated heterocycles. The Kier molecular flexibility index (Phi) is 6.60. The normalized spacial score (nSPS) is 11.5. The minimum Gasteiger partial charge on any atom is -0.346 e. The van der Waals surface area contributed by atoms with E-state index in [2.05, 4.69) is 31.3 Å². The lowest BCUT2D eigenvalue weighted by Gasteiger charge is -2.18. The molecule has 1 unspecified atom stereocenters. The van der Waals surface area contributed by atoms with Crippen LogP contribution in [0.5, 0.6) is 0 Å². The van der Waals surface area contributed by atoms with Crippen LogP contribution in [0.3, 0.4) is 0 Å². The lowest BCUT2D eigenvalue weighted by molar-refractivity contribution is 0.0940. The second kappa shape index (κ2) is 7.97. The largest absolute Gasteiger partial charge is 0.346 e. The fourth-order valence-corrected chi connectivity index (χ4v) is 2.39. The van der Waals surface area contributed by atoms with Gasteiger partial charge in [-0.25, -0.2) is 0 Å². The van der Waals surface area contributed by atoms with Gasteiger partial charge < -0.3 is 11.1 Å². The summed E-state index contributed by atoms with van der Waals surface area (Å²) in [5.74, 6) is -0.0630. The number of hydrogen-bond acceptors (Lipinski definition) is 2. The van der Waals surface area contributed by atoms with Gasteiger partial charge in [0, 0.05) is 12.1 Å². The van der Waals surface area contributed by atoms with Crippen LogP contribution in [-0.4, -0.2) is 5.91 Å². The van der Waals surface area contributed by atoms with Crippen molar-refractivity contribution in [2.75, 3.05) is 0 Å². The molecule has 0 aliphatic carbocycles. The Hall–Kier alpha value is -1.84. The van der Waals surface area contributed by atoms with E-state index in [0.29, 0.717) is 12.1 Å². The second-order valence-electron chi connectivity index (χ2n) is 5.39. The molecule has 1 atom stereocenters. The van der Waals surface area contributed by atoms with Gasteiger partial charge in [-0.1, -0.05) is 30.3 Å². The third-order valence-corrected chi connectivity index (χ3v) is 3.91. The summed E-state index contributed by atoms with van der Waals surface area (Å²) in [7, 11) is 0. The first-order valence-corrected chi connectivity index (χ1v) is 7.19. The van der Waals surface area contributed by atoms with Gasteiger partial charge in [-0.3, -0.25) is 4.79 Å². The average molecular weight is 319 g/mol. The third-order valence-electron chi connectivity index (χ3n) is 3.91. The van der Waals surface area contributed by atoms with Crippen LogP contribution >= 0.6 is 12.4 Å². The van der Waals surface area contributed by atoms with Gasteiger partial charge in [0.05, 0.1) is 6.04 Å². The van der Waals surface area contributed by atoms with E-state index in [1.54, 1.807) is 0 Å². The minimum absolute atomic E-state index is 0. The summed E-state index contributed by atoms with van der Waals surface area (Å²) >= 11 is 0. The molecule has 2 aromatic rings. The van der Waals surface area contributed by atoms with E-state index in [1.165, 1.54) is 11.1 Å². The smallest absolute Gasteiger partial charge is 0.251 e. The number of halogens is 1. The van der Waals surface area contributed by atoms with Crippen LogP contribution in [0.1, 0.15) is 45.6 Å². The highest BCUT2D eigenvalue weighted by molar-refractivity contribution is 5.94. The topological polar surface area (TPSA) is 55.1 Å². The molecule has 0 aromatic heterocycles. The van der Waals surface area contributed by atoms with Crippen LogP contribution in [0.2, 0.25) is 0 Å². The molecule has 0 fully saturated rings. The Morgan fingerprint density at radius 2 is 1.77 bits per heavy atom. The Morgan fingerprint density at radius 3 is 2.36 bits per heavy atom. The number of hydrogen-bond donors (Lipinski definition) is 2. The van der Waals surface area contributed by atoms with Crippen molar-refractivity contribution in [2.24, 2.45) is 5.73 Å². The van der Waals surface area contributed by atoms with Gasteiger partial charge in [-0.05, 0) is 55.2 Å². The van der Waals surface area contributed by atoms with Crippen LogP contribution in [0.4, 0.5) is 0 Å². The number of nitrogens with two attached hydrogens (primary N) is 1. The fourth-order valence-electron chi connectivity index (χ4n) is 2.39. The number of amides is 1. The number of nitrogens with one attached hydrogen (secondary N) is 1. The molecule has 4 heteroatoms. The highest BCUT2D eigenvalue weighted by Crippen LogP contribution is 2.20. The zero-order chi connectivity index (χ0) is 15.4. The molecule has 3 nitrogen and oxygen atoms in total. The molecule has 0 bridgehead atoms. The Labute approximate surface area is 138 Å². The first kappa shape index (κ1) is 18.2. The van der Waals surface area contributed by atoms with Crippen molar-refractivity contribution in [2.45, 2.75) is 33.4 Å². The van der Waals surface area contributed by atoms with E-state index in [4.69, 9.17) is 5.73 Å². The molecule has 0 heterocycles. The van der Waals surface area contributed by atoms with Crippen LogP contribution in [0.15, 0.2) is 42.5 Å². The second-order valence-corrected chi connectivity index (χ2v) is 5.39. The molecule has 2 aromatic carbocycles. The van der Waals surface area contributed by atoms with Crippen LogP contribution in [0, 0.1) is 13.8 Å². The summed E-state index contributed by atoms with van der Waals surface area (Å²) in [6, 6.07) is 13.5. The fraction of sp³-hybridized carbons (Fsp3) is 0.278. The van der Waals surface area contributed by atoms with Gasteiger partial charge in [0.15, 0.2) is 0 Å². The van der Waals surface area contributed by atoms with Crippen molar-refractivity contribution in [1.29, 1.82) is 0 Å². The standard InChI is InChI=1S/C18H22N2O.ClH/c1-12-5-4-6-17(13(12)2)14(3)20-18(21)16-9-7-15(11-19)8-10-16;/h4-10,14H,11,19H2,1-3H3,(H,20,21);1H. The Bertz CT molecular complexity index is 638. The molecule has 2 rings (SSSR count). The molecule has 118 valence electrons. The SMILES string of the molecule is Cc1cccc(C(C)NC(=O)c2ccc(CN)cc2)c1C.Cl. The number of carbonyl (C=O) groups is 1. The number of rotatable bonds is 4. The van der Waals surface area contributed by atoms with Gasteiger partial charge in [-0.15, -0.1) is 12.4 Å². The van der Waals surface area contributed by atoms with Gasteiger partial charge in [-0.2, -0.15) is 0 Å². The van der Waals surface area contributed by atoms with Crippen LogP contribution < -0.4 is 11.1 Å². The van der Waals surface area contributed by atoms with Gasteiger partial charge >= 0.3 is 0 Å². The maximum Gasteiger partial charge on any atom is 0.251 e. The van der Waals surface area contributed by atoms with Gasteiger partial charge in [0.1, 0.15) is 0 Å². The highest BCUT2D eigenvalue weighted by atomic mass is 35.5. The predicted octanol–water partition coefficient (Wildman–Crippen LogP) is 3.67. The Morgan fingerprint density at radius 1 is 1.14 bits per heavy atom. The molecule has 3 N–H and O–H groups in total. The quantitative estimate of drug-likeness (QED) is 0.903. The zero-order valence-electron chi connectivity index (χ0n) is 13.2. The summed E-state index contributed by atoms with van der Waals surface area (Å²) in [6.45, 7) is 6.66. The van der Waals surface area contributed by atoms with Crippen LogP contribution in [-0.2, 0) is 6.54 Å². The molecular weight excluding hydrogens is 296 g/mol. The third kappa shape index (κ3) is 4.09. The monoisotopic (exact) mass is 318 g/mol. The number of benzene rings is 2. The predicted molar refractivity (Wildman–Crippen MR) is 93.4 cm³/mol. The molecule has 1 amide bonds. The Balaban J connectivity index is 0.00000242. The molecule has 0 aliphatic heterocycles. The van der Waals surface area contributed by atoms with E-state index in [-0.39, 0.29) is 24.4 Å². The van der Waals surface area contributed by atoms with Crippen molar-refractivity contribution < 1.29 is 4.79 Å². The van der Waals surface area contributed by atoms with E-state index in [0.717, 1.165) is 11.1 Å². The number of carbonyl (C=O) groups excluding carboxylic acids is 1. The molecule has 0 aliphatic rings. The minimum atomic E-state index is -0.0630. The summed E-state index contributed by atoms with van der Waals surface area (Å²) in [5.41, 5.74) is 10.9. The van der Waals surface area contributed by atoms with Crippen molar-refractivity contribution in [3.63, 3.8) is 0 Å². The molecular formula is C18H23ClN2O. The lowest BCUT2D eigenvalue weighted by Crippen LogP contribution is -2.27. The molecule has 0 saturated carbocycles. The summed E-state index contributed by atoms with van der Waals surface area (Å²) < 4.78 is 0. The summed E-state index contributed by atoms with van der Waals surface area (Å²) in [5, 5.41) is 3.05. The zero-order valence-corrected chi connectivity index (χ0v) is 14.0. The molecule has 0 spiro atoms. The first-order chi connectivity index (χ1) is 10.0. The van der Waals surface area contributed by atoms with Gasteiger partial charge in [0.25, 0.3) is 5.91 Å². The van der Waals surface area contributed by atoms with Crippen molar-refractivity contribution in [3.8, 4) is 0 Å². The van der Waals surface area contributed by atoms with Gasteiger partial charge in [0.2, 0.25) is 0 Å². The lowest BCUT2D eigenvalue weighted by atomic mass is 9.98. The highest BCUT2D eigenvalue weighted by Gasteiger charge is 2.13. The number of aryl methyl sites for hydroxylation is 1. The van der Waals surface area contributed by atoms with E-state index < -0.39 is 0 Å². The average Bonchev–Trinajstić information content (AvgIpc) is 2.50. The maximum absolute atomic E-state index is 12.3. The van der Waals surface area contributed by atoms with E-state index >= 15 is 0 Å². The van der Waals surface area contributed by atoms with E-state index in [1.807, 2.05) is 37.3 Å². The molecule has 0 radical (unpaired) electrons. The van der Waals surface area contributed by atoms with Crippen molar-refractivity contribution in [3.05, 3.63) is 70.3 Å². The van der Waals surface area contributed by atoms with Crippen molar-refractivity contribution >= 4 is 18.3 Å². The summed E-state index contributed by atoms with van der Waals surface area (Å²) in [4.78, 5) is 12.3. The first-order valence-electron chi connectivity index (χ1n) is 7.19. The van der Waals surface area contributed by atoms with Crippen molar-refractivity contribution in [1.82, 2.24) is 5.32 Å². The maximum atomic E-state index is 12.3. The van der Waals surface area contributed by atoms with Crippen LogP contribution in [0.25, 0.3) is 0 Å². The van der Waals surface area contributed by atoms with E-state index in [9.17, 15) is 4.79 Å². The molecule has 22 heavy (non-hydrogen) atoms. The summed E-state index contributed by atoms with van der Waals surface area (Å²) in [6.07, 6.45) is 0.